The van der Waals surface area contributed by atoms with Gasteiger partial charge in [-0.1, -0.05) is 0 Å². The van der Waals surface area contributed by atoms with Crippen molar-refractivity contribution in [2.75, 3.05) is 31.3 Å². The minimum Gasteiger partial charge on any atom is -0.478 e. The van der Waals surface area contributed by atoms with Gasteiger partial charge in [0.05, 0.1) is 16.8 Å². The van der Waals surface area contributed by atoms with E-state index in [-0.39, 0.29) is 11.1 Å². The van der Waals surface area contributed by atoms with E-state index in [1.54, 1.807) is 14.1 Å². The molecule has 0 radical (unpaired) electrons. The molecular formula is C23H22F4N4O6. The summed E-state index contributed by atoms with van der Waals surface area (Å²) >= 11 is 0. The number of rotatable bonds is 7. The fourth-order valence-corrected chi connectivity index (χ4v) is 3.26. The number of likely N-dealkylation sites (N-methyl/N-ethyl adjacent to an activating group) is 1. The van der Waals surface area contributed by atoms with Crippen molar-refractivity contribution >= 4 is 40.1 Å². The highest BCUT2D eigenvalue weighted by Crippen LogP contribution is 2.27. The number of aromatic carboxylic acids is 1. The van der Waals surface area contributed by atoms with Crippen LogP contribution in [-0.4, -0.2) is 59.9 Å². The SMILES string of the molecule is CNCCc1c(C(=O)Nc2ccc(C(=O)O)cc2)c(=O)[nH]c2c(NC)cc(F)cc12.O=C(O)C(F)(F)F. The van der Waals surface area contributed by atoms with Crippen LogP contribution >= 0.6 is 0 Å². The number of H-pyrrole nitrogens is 1. The first-order valence-corrected chi connectivity index (χ1v) is 10.5. The highest BCUT2D eigenvalue weighted by molar-refractivity contribution is 6.08. The van der Waals surface area contributed by atoms with E-state index in [1.165, 1.54) is 36.4 Å². The maximum atomic E-state index is 14.2. The smallest absolute Gasteiger partial charge is 0.478 e. The second kappa shape index (κ2) is 12.0. The van der Waals surface area contributed by atoms with Crippen LogP contribution in [0, 0.1) is 5.82 Å². The lowest BCUT2D eigenvalue weighted by Gasteiger charge is -2.15. The normalized spacial score (nSPS) is 10.9. The molecule has 1 amide bonds. The quantitative estimate of drug-likeness (QED) is 0.256. The van der Waals surface area contributed by atoms with E-state index in [4.69, 9.17) is 15.0 Å². The summed E-state index contributed by atoms with van der Waals surface area (Å²) in [7, 11) is 3.35. The molecule has 0 aliphatic rings. The molecule has 198 valence electrons. The Bertz CT molecular complexity index is 1370. The third-order valence-corrected chi connectivity index (χ3v) is 4.95. The monoisotopic (exact) mass is 526 g/mol. The number of aliphatic carboxylic acids is 1. The standard InChI is InChI=1S/C21H21FN4O4.C2HF3O2/c1-23-8-7-14-15-9-12(22)10-16(24-2)18(15)26-20(28)17(14)19(27)25-13-5-3-11(4-6-13)21(29)30;3-2(4,5)1(6)7/h3-6,9-10,23-24H,7-8H2,1-2H3,(H,25,27)(H,26,28)(H,29,30);(H,6,7). The Hall–Kier alpha value is -4.46. The molecule has 0 unspecified atom stereocenters. The third kappa shape index (κ3) is 7.27. The van der Waals surface area contributed by atoms with Crippen molar-refractivity contribution in [1.82, 2.24) is 10.3 Å². The molecule has 3 aromatic rings. The van der Waals surface area contributed by atoms with Crippen LogP contribution < -0.4 is 21.5 Å². The van der Waals surface area contributed by atoms with Crippen LogP contribution in [0.15, 0.2) is 41.2 Å². The van der Waals surface area contributed by atoms with E-state index >= 15 is 0 Å². The minimum atomic E-state index is -5.08. The molecule has 1 heterocycles. The topological polar surface area (TPSA) is 161 Å². The molecule has 0 bridgehead atoms. The van der Waals surface area contributed by atoms with Crippen molar-refractivity contribution in [3.05, 3.63) is 69.3 Å². The number of carbonyl (C=O) groups is 3. The second-order valence-corrected chi connectivity index (χ2v) is 7.43. The lowest BCUT2D eigenvalue weighted by atomic mass is 9.98. The van der Waals surface area contributed by atoms with Crippen molar-refractivity contribution in [2.24, 2.45) is 0 Å². The number of aromatic amines is 1. The number of fused-ring (bicyclic) bond motifs is 1. The number of carboxylic acids is 2. The van der Waals surface area contributed by atoms with E-state index < -0.39 is 35.4 Å². The molecule has 6 N–H and O–H groups in total. The second-order valence-electron chi connectivity index (χ2n) is 7.43. The first kappa shape index (κ1) is 28.8. The van der Waals surface area contributed by atoms with Crippen LogP contribution in [0.5, 0.6) is 0 Å². The van der Waals surface area contributed by atoms with Crippen LogP contribution in [0.1, 0.15) is 26.3 Å². The third-order valence-electron chi connectivity index (χ3n) is 4.95. The van der Waals surface area contributed by atoms with Gasteiger partial charge in [0.25, 0.3) is 11.5 Å². The highest BCUT2D eigenvalue weighted by atomic mass is 19.4. The summed E-state index contributed by atoms with van der Waals surface area (Å²) in [5.41, 5.74) is 0.921. The molecule has 0 aliphatic carbocycles. The molecule has 0 atom stereocenters. The summed E-state index contributed by atoms with van der Waals surface area (Å²) < 4.78 is 45.9. The number of carboxylic acid groups (broad SMARTS) is 2. The van der Waals surface area contributed by atoms with Crippen molar-refractivity contribution in [3.63, 3.8) is 0 Å². The van der Waals surface area contributed by atoms with Crippen LogP contribution in [0.2, 0.25) is 0 Å². The highest BCUT2D eigenvalue weighted by Gasteiger charge is 2.38. The van der Waals surface area contributed by atoms with Gasteiger partial charge in [0.2, 0.25) is 0 Å². The Balaban J connectivity index is 0.000000604. The molecule has 0 fully saturated rings. The zero-order chi connectivity index (χ0) is 27.9. The molecule has 0 saturated heterocycles. The largest absolute Gasteiger partial charge is 0.490 e. The Morgan fingerprint density at radius 2 is 1.62 bits per heavy atom. The summed E-state index contributed by atoms with van der Waals surface area (Å²) in [4.78, 5) is 48.3. The number of hydrogen-bond donors (Lipinski definition) is 6. The van der Waals surface area contributed by atoms with Crippen LogP contribution in [0.4, 0.5) is 28.9 Å². The van der Waals surface area contributed by atoms with Crippen molar-refractivity contribution in [3.8, 4) is 0 Å². The maximum Gasteiger partial charge on any atom is 0.490 e. The van der Waals surface area contributed by atoms with E-state index in [9.17, 15) is 31.9 Å². The van der Waals surface area contributed by atoms with Gasteiger partial charge in [-0.05, 0) is 62.0 Å². The van der Waals surface area contributed by atoms with Gasteiger partial charge in [0.15, 0.2) is 0 Å². The van der Waals surface area contributed by atoms with Crippen LogP contribution in [0.3, 0.4) is 0 Å². The molecule has 0 spiro atoms. The number of nitrogens with one attached hydrogen (secondary N) is 4. The number of alkyl halides is 3. The van der Waals surface area contributed by atoms with Gasteiger partial charge >= 0.3 is 18.1 Å². The summed E-state index contributed by atoms with van der Waals surface area (Å²) in [5, 5.41) is 25.0. The number of amides is 1. The van der Waals surface area contributed by atoms with Gasteiger partial charge in [-0.2, -0.15) is 13.2 Å². The molecule has 1 aromatic heterocycles. The van der Waals surface area contributed by atoms with Gasteiger partial charge < -0.3 is 31.1 Å². The lowest BCUT2D eigenvalue weighted by molar-refractivity contribution is -0.192. The van der Waals surface area contributed by atoms with Gasteiger partial charge in [-0.15, -0.1) is 0 Å². The summed E-state index contributed by atoms with van der Waals surface area (Å²) in [5.74, 6) is -5.01. The zero-order valence-electron chi connectivity index (χ0n) is 19.4. The molecular weight excluding hydrogens is 504 g/mol. The number of pyridine rings is 1. The summed E-state index contributed by atoms with van der Waals surface area (Å²) in [6.45, 7) is 0.470. The first-order valence-electron chi connectivity index (χ1n) is 10.5. The molecule has 3 rings (SSSR count). The van der Waals surface area contributed by atoms with Crippen LogP contribution in [-0.2, 0) is 11.2 Å². The van der Waals surface area contributed by atoms with Crippen molar-refractivity contribution in [2.45, 2.75) is 12.6 Å². The summed E-state index contributed by atoms with van der Waals surface area (Å²) in [6, 6.07) is 8.11. The van der Waals surface area contributed by atoms with Crippen molar-refractivity contribution < 1.29 is 42.2 Å². The average molecular weight is 526 g/mol. The molecule has 2 aromatic carbocycles. The number of aromatic nitrogens is 1. The maximum absolute atomic E-state index is 14.2. The summed E-state index contributed by atoms with van der Waals surface area (Å²) in [6.07, 6.45) is -4.76. The predicted octanol–water partition coefficient (Wildman–Crippen LogP) is 3.05. The molecule has 10 nitrogen and oxygen atoms in total. The fraction of sp³-hybridized carbons (Fsp3) is 0.217. The molecule has 14 heteroatoms. The number of carbonyl (C=O) groups excluding carboxylic acids is 1. The average Bonchev–Trinajstić information content (AvgIpc) is 2.82. The molecule has 0 saturated carbocycles. The van der Waals surface area contributed by atoms with Gasteiger partial charge in [-0.25, -0.2) is 14.0 Å². The van der Waals surface area contributed by atoms with Crippen LogP contribution in [0.25, 0.3) is 10.9 Å². The van der Waals surface area contributed by atoms with Gasteiger partial charge in [0, 0.05) is 18.1 Å². The molecule has 37 heavy (non-hydrogen) atoms. The van der Waals surface area contributed by atoms with E-state index in [2.05, 4.69) is 20.9 Å². The Kier molecular flexibility index (Phi) is 9.32. The number of anilines is 2. The Morgan fingerprint density at radius 1 is 1.03 bits per heavy atom. The Labute approximate surface area is 206 Å². The number of hydrogen-bond acceptors (Lipinski definition) is 6. The van der Waals surface area contributed by atoms with E-state index in [1.807, 2.05) is 0 Å². The minimum absolute atomic E-state index is 0.0707. The lowest BCUT2D eigenvalue weighted by Crippen LogP contribution is -2.27. The first-order chi connectivity index (χ1) is 17.3. The zero-order valence-corrected chi connectivity index (χ0v) is 19.4. The Morgan fingerprint density at radius 3 is 2.11 bits per heavy atom. The number of benzene rings is 2. The van der Waals surface area contributed by atoms with Gasteiger partial charge in [-0.3, -0.25) is 9.59 Å². The fourth-order valence-electron chi connectivity index (χ4n) is 3.26. The van der Waals surface area contributed by atoms with E-state index in [0.29, 0.717) is 40.8 Å². The predicted molar refractivity (Wildman–Crippen MR) is 127 cm³/mol. The molecule has 0 aliphatic heterocycles. The van der Waals surface area contributed by atoms with E-state index in [0.717, 1.165) is 0 Å². The number of halogens is 4. The van der Waals surface area contributed by atoms with Crippen molar-refractivity contribution in [1.29, 1.82) is 0 Å². The van der Waals surface area contributed by atoms with Gasteiger partial charge in [0.1, 0.15) is 11.4 Å².